The van der Waals surface area contributed by atoms with E-state index in [1.807, 2.05) is 0 Å². The van der Waals surface area contributed by atoms with Gasteiger partial charge in [0, 0.05) is 17.1 Å². The number of aliphatic hydroxyl groups is 1. The van der Waals surface area contributed by atoms with E-state index in [0.717, 1.165) is 4.90 Å². The van der Waals surface area contributed by atoms with E-state index in [1.165, 1.54) is 0 Å². The highest BCUT2D eigenvalue weighted by Crippen LogP contribution is 2.23. The zero-order chi connectivity index (χ0) is 24.7. The van der Waals surface area contributed by atoms with Crippen LogP contribution in [0, 0.1) is 24.8 Å². The third kappa shape index (κ3) is 7.98. The second-order valence-electron chi connectivity index (χ2n) is 9.13. The summed E-state index contributed by atoms with van der Waals surface area (Å²) in [5, 5.41) is 14.8. The number of benzene rings is 1. The maximum atomic E-state index is 13.2. The molecule has 32 heavy (non-hydrogen) atoms. The van der Waals surface area contributed by atoms with Gasteiger partial charge in [-0.1, -0.05) is 24.5 Å². The van der Waals surface area contributed by atoms with Crippen LogP contribution in [0.5, 0.6) is 0 Å². The summed E-state index contributed by atoms with van der Waals surface area (Å²) in [6.07, 6.45) is 10.1. The summed E-state index contributed by atoms with van der Waals surface area (Å²) in [7, 11) is 0. The maximum Gasteiger partial charge on any atom is 0.408 e. The molecule has 0 saturated carbocycles. The van der Waals surface area contributed by atoms with Gasteiger partial charge in [-0.05, 0) is 59.2 Å². The van der Waals surface area contributed by atoms with E-state index in [2.05, 4.69) is 22.6 Å². The molecule has 1 aromatic carbocycles. The van der Waals surface area contributed by atoms with Gasteiger partial charge in [0.1, 0.15) is 17.7 Å². The molecule has 2 atom stereocenters. The van der Waals surface area contributed by atoms with Gasteiger partial charge in [-0.2, -0.15) is 0 Å². The lowest BCUT2D eigenvalue weighted by molar-refractivity contribution is -0.139. The summed E-state index contributed by atoms with van der Waals surface area (Å²) >= 11 is 0. The number of nitrogens with zero attached hydrogens (tertiary/aromatic N) is 1. The van der Waals surface area contributed by atoms with Crippen LogP contribution in [0.1, 0.15) is 58.7 Å². The molecule has 1 aromatic rings. The van der Waals surface area contributed by atoms with Gasteiger partial charge in [0.05, 0.1) is 6.61 Å². The number of carbonyl (C=O) groups is 3. The van der Waals surface area contributed by atoms with Gasteiger partial charge in [0.2, 0.25) is 5.91 Å². The van der Waals surface area contributed by atoms with Gasteiger partial charge >= 0.3 is 6.09 Å². The minimum atomic E-state index is -1.42. The number of terminal acetylenes is 2. The van der Waals surface area contributed by atoms with E-state index >= 15 is 0 Å². The third-order valence-corrected chi connectivity index (χ3v) is 3.95. The first-order valence-corrected chi connectivity index (χ1v) is 10.0. The molecule has 0 fully saturated rings. The molecule has 0 aliphatic carbocycles. The smallest absolute Gasteiger partial charge is 0.408 e. The quantitative estimate of drug-likeness (QED) is 0.462. The number of carbonyl (C=O) groups excluding carboxylic acids is 3. The fraction of sp³-hybridized carbons (Fsp3) is 0.458. The second-order valence-corrected chi connectivity index (χ2v) is 9.13. The fourth-order valence-corrected chi connectivity index (χ4v) is 2.69. The van der Waals surface area contributed by atoms with Crippen molar-refractivity contribution < 1.29 is 24.2 Å². The van der Waals surface area contributed by atoms with Crippen LogP contribution in [0.4, 0.5) is 4.79 Å². The van der Waals surface area contributed by atoms with Crippen molar-refractivity contribution in [2.24, 2.45) is 0 Å². The van der Waals surface area contributed by atoms with Crippen molar-refractivity contribution in [2.75, 3.05) is 6.61 Å². The molecule has 0 aliphatic heterocycles. The highest BCUT2D eigenvalue weighted by molar-refractivity contribution is 5.93. The molecule has 0 spiro atoms. The lowest BCUT2D eigenvalue weighted by Gasteiger charge is -2.32. The molecule has 2 unspecified atom stereocenters. The number of alkyl carbamates (subject to hydrolysis) is 1. The van der Waals surface area contributed by atoms with Gasteiger partial charge in [-0.15, -0.1) is 6.42 Å². The summed E-state index contributed by atoms with van der Waals surface area (Å²) in [6.45, 7) is 9.57. The van der Waals surface area contributed by atoms with Crippen LogP contribution >= 0.6 is 0 Å². The van der Waals surface area contributed by atoms with Crippen molar-refractivity contribution in [3.63, 3.8) is 0 Å². The van der Waals surface area contributed by atoms with Crippen LogP contribution < -0.4 is 10.6 Å². The SMILES string of the molecule is C#Cc1ccc(C(C(=O)NC(C)(C)C)N(C#C)C(=O)C(CO)NC(=O)OC(C)(C)C)cc1. The molecule has 0 aromatic heterocycles. The van der Waals surface area contributed by atoms with E-state index < -0.39 is 47.7 Å². The number of amides is 3. The Kier molecular flexibility index (Phi) is 8.87. The molecule has 0 saturated heterocycles. The zero-order valence-electron chi connectivity index (χ0n) is 19.4. The van der Waals surface area contributed by atoms with E-state index in [4.69, 9.17) is 17.6 Å². The largest absolute Gasteiger partial charge is 0.444 e. The summed E-state index contributed by atoms with van der Waals surface area (Å²) < 4.78 is 5.14. The van der Waals surface area contributed by atoms with Gasteiger partial charge in [-0.3, -0.25) is 14.5 Å². The monoisotopic (exact) mass is 441 g/mol. The fourth-order valence-electron chi connectivity index (χ4n) is 2.69. The molecule has 0 radical (unpaired) electrons. The number of ether oxygens (including phenoxy) is 1. The lowest BCUT2D eigenvalue weighted by Crippen LogP contribution is -2.54. The molecular weight excluding hydrogens is 410 g/mol. The molecule has 3 N–H and O–H groups in total. The lowest BCUT2D eigenvalue weighted by atomic mass is 10.00. The Hall–Kier alpha value is -3.49. The number of hydrogen-bond donors (Lipinski definition) is 3. The van der Waals surface area contributed by atoms with Crippen LogP contribution in [0.15, 0.2) is 24.3 Å². The van der Waals surface area contributed by atoms with Crippen LogP contribution in [0.3, 0.4) is 0 Å². The van der Waals surface area contributed by atoms with Crippen LogP contribution in [-0.2, 0) is 14.3 Å². The average molecular weight is 442 g/mol. The standard InChI is InChI=1S/C24H31N3O5/c1-9-16-11-13-17(14-12-16)19(20(29)26-23(3,4)5)27(10-2)21(30)18(15-28)25-22(31)32-24(6,7)8/h1-2,11-14,18-19,28H,15H2,3-8H3,(H,25,31)(H,26,29). The van der Waals surface area contributed by atoms with Crippen LogP contribution in [-0.4, -0.2) is 51.7 Å². The van der Waals surface area contributed by atoms with E-state index in [9.17, 15) is 19.5 Å². The number of hydrogen-bond acceptors (Lipinski definition) is 5. The summed E-state index contributed by atoms with van der Waals surface area (Å²) in [5.74, 6) is 1.09. The Bertz CT molecular complexity index is 911. The Morgan fingerprint density at radius 1 is 1.09 bits per heavy atom. The van der Waals surface area contributed by atoms with Crippen molar-refractivity contribution >= 4 is 17.9 Å². The Balaban J connectivity index is 3.32. The first-order chi connectivity index (χ1) is 14.7. The molecule has 0 aliphatic rings. The summed E-state index contributed by atoms with van der Waals surface area (Å²) in [5.41, 5.74) is -0.428. The predicted octanol–water partition coefficient (Wildman–Crippen LogP) is 1.93. The molecule has 1 rings (SSSR count). The Morgan fingerprint density at radius 2 is 1.66 bits per heavy atom. The molecule has 172 valence electrons. The molecular formula is C24H31N3O5. The average Bonchev–Trinajstić information content (AvgIpc) is 2.67. The Labute approximate surface area is 189 Å². The van der Waals surface area contributed by atoms with Gasteiger partial charge in [-0.25, -0.2) is 4.79 Å². The third-order valence-electron chi connectivity index (χ3n) is 3.95. The van der Waals surface area contributed by atoms with Crippen molar-refractivity contribution in [3.05, 3.63) is 35.4 Å². The van der Waals surface area contributed by atoms with Gasteiger partial charge in [0.25, 0.3) is 5.91 Å². The normalized spacial score (nSPS) is 13.0. The highest BCUT2D eigenvalue weighted by Gasteiger charge is 2.36. The van der Waals surface area contributed by atoms with Crippen molar-refractivity contribution in [1.82, 2.24) is 15.5 Å². The van der Waals surface area contributed by atoms with Crippen molar-refractivity contribution in [1.29, 1.82) is 0 Å². The molecule has 0 heterocycles. The maximum absolute atomic E-state index is 13.2. The minimum absolute atomic E-state index is 0.408. The second kappa shape index (κ2) is 10.7. The number of aliphatic hydroxyl groups excluding tert-OH is 1. The topological polar surface area (TPSA) is 108 Å². The first kappa shape index (κ1) is 26.5. The van der Waals surface area contributed by atoms with E-state index in [0.29, 0.717) is 11.1 Å². The van der Waals surface area contributed by atoms with E-state index in [-0.39, 0.29) is 0 Å². The molecule has 0 bridgehead atoms. The summed E-state index contributed by atoms with van der Waals surface area (Å²) in [4.78, 5) is 39.2. The van der Waals surface area contributed by atoms with Crippen molar-refractivity contribution in [3.8, 4) is 24.8 Å². The van der Waals surface area contributed by atoms with Crippen LogP contribution in [0.25, 0.3) is 0 Å². The zero-order valence-corrected chi connectivity index (χ0v) is 19.4. The van der Waals surface area contributed by atoms with Gasteiger partial charge < -0.3 is 20.5 Å². The Morgan fingerprint density at radius 3 is 2.06 bits per heavy atom. The molecule has 8 nitrogen and oxygen atoms in total. The van der Waals surface area contributed by atoms with Crippen molar-refractivity contribution in [2.45, 2.75) is 64.8 Å². The number of rotatable bonds is 6. The predicted molar refractivity (Wildman–Crippen MR) is 121 cm³/mol. The minimum Gasteiger partial charge on any atom is -0.444 e. The molecule has 3 amide bonds. The number of nitrogens with one attached hydrogen (secondary N) is 2. The van der Waals surface area contributed by atoms with Crippen LogP contribution in [0.2, 0.25) is 0 Å². The summed E-state index contributed by atoms with van der Waals surface area (Å²) in [6, 6.07) is 5.99. The highest BCUT2D eigenvalue weighted by atomic mass is 16.6. The van der Waals surface area contributed by atoms with Gasteiger partial charge in [0.15, 0.2) is 0 Å². The van der Waals surface area contributed by atoms with E-state index in [1.54, 1.807) is 65.8 Å². The molecule has 8 heteroatoms. The first-order valence-electron chi connectivity index (χ1n) is 10.0.